The van der Waals surface area contributed by atoms with Crippen LogP contribution in [0.3, 0.4) is 0 Å². The van der Waals surface area contributed by atoms with Gasteiger partial charge in [-0.25, -0.2) is 9.59 Å². The summed E-state index contributed by atoms with van der Waals surface area (Å²) in [4.78, 5) is 37.9. The number of amides is 2. The SMILES string of the molecule is O=C(O)C1=C(/C=C/c2ccccc2)C2CCN(C(=O)O)[C@@H]3C(=O)N1[C@H]23. The molecule has 4 rings (SSSR count). The van der Waals surface area contributed by atoms with E-state index in [1.165, 1.54) is 4.90 Å². The van der Waals surface area contributed by atoms with Gasteiger partial charge in [0, 0.05) is 12.5 Å². The smallest absolute Gasteiger partial charge is 0.408 e. The van der Waals surface area contributed by atoms with E-state index in [0.29, 0.717) is 12.0 Å². The van der Waals surface area contributed by atoms with Crippen LogP contribution in [0, 0.1) is 5.92 Å². The highest BCUT2D eigenvalue weighted by atomic mass is 16.4. The molecule has 0 radical (unpaired) electrons. The number of hydrogen-bond acceptors (Lipinski definition) is 3. The van der Waals surface area contributed by atoms with Crippen molar-refractivity contribution < 1.29 is 24.6 Å². The number of β-lactam (4-membered cyclic amide) rings is 1. The van der Waals surface area contributed by atoms with Gasteiger partial charge in [-0.2, -0.15) is 0 Å². The summed E-state index contributed by atoms with van der Waals surface area (Å²) in [6.07, 6.45) is 2.94. The fourth-order valence-corrected chi connectivity index (χ4v) is 4.11. The van der Waals surface area contributed by atoms with Gasteiger partial charge in [0.2, 0.25) is 0 Å². The van der Waals surface area contributed by atoms with Crippen LogP contribution in [0.2, 0.25) is 0 Å². The Morgan fingerprint density at radius 2 is 1.84 bits per heavy atom. The van der Waals surface area contributed by atoms with E-state index in [0.717, 1.165) is 10.5 Å². The molecule has 3 aliphatic heterocycles. The summed E-state index contributed by atoms with van der Waals surface area (Å²) in [5, 5.41) is 18.9. The van der Waals surface area contributed by atoms with Gasteiger partial charge in [-0.05, 0) is 17.6 Å². The lowest BCUT2D eigenvalue weighted by Crippen LogP contribution is -2.73. The molecule has 0 aromatic heterocycles. The van der Waals surface area contributed by atoms with Gasteiger partial charge in [0.1, 0.15) is 11.7 Å². The van der Waals surface area contributed by atoms with Crippen LogP contribution in [0.25, 0.3) is 6.08 Å². The average Bonchev–Trinajstić information content (AvgIpc) is 2.92. The van der Waals surface area contributed by atoms with Crippen LogP contribution in [0.5, 0.6) is 0 Å². The number of carbonyl (C=O) groups excluding carboxylic acids is 1. The van der Waals surface area contributed by atoms with E-state index >= 15 is 0 Å². The number of carbonyl (C=O) groups is 3. The number of piperidine rings is 1. The summed E-state index contributed by atoms with van der Waals surface area (Å²) >= 11 is 0. The van der Waals surface area contributed by atoms with Crippen LogP contribution in [-0.2, 0) is 9.59 Å². The summed E-state index contributed by atoms with van der Waals surface area (Å²) in [7, 11) is 0. The number of carboxylic acid groups (broad SMARTS) is 2. The molecule has 0 bridgehead atoms. The van der Waals surface area contributed by atoms with E-state index in [9.17, 15) is 24.6 Å². The number of benzene rings is 1. The zero-order chi connectivity index (χ0) is 17.7. The molecule has 1 aromatic carbocycles. The van der Waals surface area contributed by atoms with E-state index in [4.69, 9.17) is 0 Å². The minimum Gasteiger partial charge on any atom is -0.477 e. The number of aliphatic carboxylic acids is 1. The molecule has 7 heteroatoms. The van der Waals surface area contributed by atoms with Crippen molar-refractivity contribution in [3.8, 4) is 0 Å². The maximum Gasteiger partial charge on any atom is 0.408 e. The number of likely N-dealkylation sites (tertiary alicyclic amines) is 1. The average molecular weight is 340 g/mol. The normalized spacial score (nSPS) is 27.5. The molecule has 7 nitrogen and oxygen atoms in total. The highest BCUT2D eigenvalue weighted by molar-refractivity contribution is 6.03. The van der Waals surface area contributed by atoms with E-state index in [-0.39, 0.29) is 18.2 Å². The fraction of sp³-hybridized carbons (Fsp3) is 0.278. The topological polar surface area (TPSA) is 98.1 Å². The molecule has 2 saturated heterocycles. The Kier molecular flexibility index (Phi) is 3.38. The highest BCUT2D eigenvalue weighted by Gasteiger charge is 2.64. The predicted molar refractivity (Wildman–Crippen MR) is 87.4 cm³/mol. The zero-order valence-corrected chi connectivity index (χ0v) is 13.2. The van der Waals surface area contributed by atoms with Gasteiger partial charge in [-0.3, -0.25) is 14.6 Å². The standard InChI is InChI=1S/C18H16N2O5/c21-16-15-13-12(8-9-19(15)18(24)25)11(14(17(22)23)20(13)16)7-6-10-4-2-1-3-5-10/h1-7,12-13,15H,8-9H2,(H,22,23)(H,24,25)/b7-6+/t12?,13-,15+/m1/s1. The van der Waals surface area contributed by atoms with Crippen molar-refractivity contribution in [2.24, 2.45) is 5.92 Å². The molecular weight excluding hydrogens is 324 g/mol. The second kappa shape index (κ2) is 5.47. The highest BCUT2D eigenvalue weighted by Crippen LogP contribution is 2.49. The third-order valence-electron chi connectivity index (χ3n) is 5.16. The molecule has 2 fully saturated rings. The van der Waals surface area contributed by atoms with Gasteiger partial charge in [-0.15, -0.1) is 0 Å². The van der Waals surface area contributed by atoms with Crippen molar-refractivity contribution in [3.63, 3.8) is 0 Å². The number of allylic oxidation sites excluding steroid dienone is 1. The largest absolute Gasteiger partial charge is 0.477 e. The maximum atomic E-state index is 12.4. The summed E-state index contributed by atoms with van der Waals surface area (Å²) in [6.45, 7) is 0.232. The van der Waals surface area contributed by atoms with Gasteiger partial charge in [0.15, 0.2) is 0 Å². The summed E-state index contributed by atoms with van der Waals surface area (Å²) in [5.41, 5.74) is 1.51. The predicted octanol–water partition coefficient (Wildman–Crippen LogP) is 1.63. The Labute approximate surface area is 143 Å². The third kappa shape index (κ3) is 2.15. The Morgan fingerprint density at radius 3 is 2.48 bits per heavy atom. The first-order valence-electron chi connectivity index (χ1n) is 8.04. The van der Waals surface area contributed by atoms with Crippen LogP contribution in [0.15, 0.2) is 47.7 Å². The molecular formula is C18H16N2O5. The molecule has 1 unspecified atom stereocenters. The molecule has 0 saturated carbocycles. The summed E-state index contributed by atoms with van der Waals surface area (Å²) in [5.74, 6) is -1.75. The molecule has 3 atom stereocenters. The van der Waals surface area contributed by atoms with Crippen LogP contribution >= 0.6 is 0 Å². The third-order valence-corrected chi connectivity index (χ3v) is 5.16. The first kappa shape index (κ1) is 15.4. The first-order chi connectivity index (χ1) is 12.0. The Hall–Kier alpha value is -3.09. The monoisotopic (exact) mass is 340 g/mol. The number of rotatable bonds is 3. The minimum atomic E-state index is -1.16. The van der Waals surface area contributed by atoms with E-state index < -0.39 is 30.1 Å². The van der Waals surface area contributed by atoms with Crippen molar-refractivity contribution in [1.29, 1.82) is 0 Å². The number of hydrogen-bond donors (Lipinski definition) is 2. The number of carboxylic acids is 1. The second-order valence-electron chi connectivity index (χ2n) is 6.37. The van der Waals surface area contributed by atoms with Gasteiger partial charge in [0.05, 0.1) is 6.04 Å². The summed E-state index contributed by atoms with van der Waals surface area (Å²) < 4.78 is 0. The number of nitrogens with zero attached hydrogens (tertiary/aromatic N) is 2. The van der Waals surface area contributed by atoms with Crippen molar-refractivity contribution >= 4 is 24.0 Å². The molecule has 25 heavy (non-hydrogen) atoms. The molecule has 3 aliphatic rings. The quantitative estimate of drug-likeness (QED) is 0.815. The molecule has 0 spiro atoms. The van der Waals surface area contributed by atoms with Crippen LogP contribution in [0.4, 0.5) is 4.79 Å². The van der Waals surface area contributed by atoms with Gasteiger partial charge >= 0.3 is 12.1 Å². The molecule has 128 valence electrons. The fourth-order valence-electron chi connectivity index (χ4n) is 4.11. The van der Waals surface area contributed by atoms with Crippen molar-refractivity contribution in [2.75, 3.05) is 6.54 Å². The van der Waals surface area contributed by atoms with Crippen LogP contribution < -0.4 is 0 Å². The second-order valence-corrected chi connectivity index (χ2v) is 6.37. The van der Waals surface area contributed by atoms with E-state index in [1.54, 1.807) is 6.08 Å². The molecule has 2 N–H and O–H groups in total. The lowest BCUT2D eigenvalue weighted by molar-refractivity contribution is -0.161. The van der Waals surface area contributed by atoms with E-state index in [1.807, 2.05) is 36.4 Å². The molecule has 0 aliphatic carbocycles. The van der Waals surface area contributed by atoms with Gasteiger partial charge in [0.25, 0.3) is 5.91 Å². The van der Waals surface area contributed by atoms with E-state index in [2.05, 4.69) is 0 Å². The van der Waals surface area contributed by atoms with Crippen molar-refractivity contribution in [1.82, 2.24) is 9.80 Å². The van der Waals surface area contributed by atoms with Gasteiger partial charge < -0.3 is 10.2 Å². The lowest BCUT2D eigenvalue weighted by atomic mass is 9.78. The zero-order valence-electron chi connectivity index (χ0n) is 13.2. The van der Waals surface area contributed by atoms with Crippen molar-refractivity contribution in [3.05, 3.63) is 53.2 Å². The Morgan fingerprint density at radius 1 is 1.12 bits per heavy atom. The van der Waals surface area contributed by atoms with Gasteiger partial charge in [-0.1, -0.05) is 42.5 Å². The minimum absolute atomic E-state index is 0.0179. The van der Waals surface area contributed by atoms with Crippen LogP contribution in [0.1, 0.15) is 12.0 Å². The Bertz CT molecular complexity index is 829. The van der Waals surface area contributed by atoms with Crippen LogP contribution in [-0.4, -0.2) is 56.6 Å². The maximum absolute atomic E-state index is 12.4. The molecule has 1 aromatic rings. The molecule has 2 amide bonds. The molecule has 3 heterocycles. The Balaban J connectivity index is 1.72. The lowest BCUT2D eigenvalue weighted by Gasteiger charge is -2.52. The first-order valence-corrected chi connectivity index (χ1v) is 8.04. The summed E-state index contributed by atoms with van der Waals surface area (Å²) in [6, 6.07) is 8.31. The van der Waals surface area contributed by atoms with Crippen molar-refractivity contribution in [2.45, 2.75) is 18.5 Å².